The lowest BCUT2D eigenvalue weighted by molar-refractivity contribution is -0.139. The minimum atomic E-state index is -0.788. The summed E-state index contributed by atoms with van der Waals surface area (Å²) in [6, 6.07) is 7.87. The summed E-state index contributed by atoms with van der Waals surface area (Å²) in [6.07, 6.45) is 0.593. The molecule has 1 unspecified atom stereocenters. The first-order valence-corrected chi connectivity index (χ1v) is 6.40. The summed E-state index contributed by atoms with van der Waals surface area (Å²) in [7, 11) is 0. The number of carbonyl (C=O) groups is 1. The molecule has 0 radical (unpaired) electrons. The molecule has 0 amide bonds. The van der Waals surface area contributed by atoms with E-state index in [4.69, 9.17) is 5.11 Å². The lowest BCUT2D eigenvalue weighted by atomic mass is 9.87. The Balaban J connectivity index is 2.62. The molecule has 100 valence electrons. The first-order chi connectivity index (χ1) is 8.34. The predicted molar refractivity (Wildman–Crippen MR) is 73.7 cm³/mol. The van der Waals surface area contributed by atoms with Gasteiger partial charge < -0.3 is 10.4 Å². The first kappa shape index (κ1) is 14.7. The van der Waals surface area contributed by atoms with Crippen molar-refractivity contribution in [2.24, 2.45) is 0 Å². The highest BCUT2D eigenvalue weighted by molar-refractivity contribution is 5.73. The van der Waals surface area contributed by atoms with Crippen LogP contribution >= 0.6 is 0 Å². The van der Waals surface area contributed by atoms with Gasteiger partial charge in [0, 0.05) is 6.54 Å². The molecule has 0 aliphatic rings. The molecule has 0 heterocycles. The normalized spacial score (nSPS) is 13.3. The summed E-state index contributed by atoms with van der Waals surface area (Å²) in [6.45, 7) is 9.00. The molecule has 0 saturated heterocycles. The van der Waals surface area contributed by atoms with Crippen molar-refractivity contribution in [1.29, 1.82) is 0 Å². The van der Waals surface area contributed by atoms with Crippen molar-refractivity contribution in [3.63, 3.8) is 0 Å². The van der Waals surface area contributed by atoms with Gasteiger partial charge >= 0.3 is 5.97 Å². The average molecular weight is 249 g/mol. The average Bonchev–Trinajstić information content (AvgIpc) is 2.29. The minimum absolute atomic E-state index is 0.152. The van der Waals surface area contributed by atoms with E-state index in [0.29, 0.717) is 13.0 Å². The second kappa shape index (κ2) is 6.01. The molecule has 1 aromatic rings. The van der Waals surface area contributed by atoms with Crippen LogP contribution in [0.25, 0.3) is 0 Å². The van der Waals surface area contributed by atoms with Crippen LogP contribution in [-0.4, -0.2) is 17.1 Å². The van der Waals surface area contributed by atoms with E-state index in [2.05, 4.69) is 50.4 Å². The van der Waals surface area contributed by atoms with Gasteiger partial charge in [0.1, 0.15) is 6.04 Å². The number of nitrogens with one attached hydrogen (secondary N) is 1. The minimum Gasteiger partial charge on any atom is -0.480 e. The summed E-state index contributed by atoms with van der Waals surface area (Å²) < 4.78 is 0. The Bertz CT molecular complexity index is 390. The molecule has 1 atom stereocenters. The molecular weight excluding hydrogens is 226 g/mol. The zero-order valence-electron chi connectivity index (χ0n) is 11.7. The Labute approximate surface area is 109 Å². The summed E-state index contributed by atoms with van der Waals surface area (Å²) in [5.74, 6) is -0.788. The SMILES string of the molecule is CCC(NCc1ccc(C(C)(C)C)cc1)C(=O)O. The lowest BCUT2D eigenvalue weighted by Crippen LogP contribution is -2.35. The van der Waals surface area contributed by atoms with Gasteiger partial charge in [-0.05, 0) is 23.0 Å². The van der Waals surface area contributed by atoms with Crippen molar-refractivity contribution >= 4 is 5.97 Å². The van der Waals surface area contributed by atoms with Gasteiger partial charge in [-0.1, -0.05) is 52.0 Å². The maximum atomic E-state index is 10.9. The zero-order valence-corrected chi connectivity index (χ0v) is 11.7. The van der Waals surface area contributed by atoms with Crippen LogP contribution in [-0.2, 0) is 16.8 Å². The highest BCUT2D eigenvalue weighted by Crippen LogP contribution is 2.22. The van der Waals surface area contributed by atoms with Gasteiger partial charge in [0.15, 0.2) is 0 Å². The van der Waals surface area contributed by atoms with Gasteiger partial charge in [-0.25, -0.2) is 0 Å². The fourth-order valence-electron chi connectivity index (χ4n) is 1.77. The standard InChI is InChI=1S/C15H23NO2/c1-5-13(14(17)18)16-10-11-6-8-12(9-7-11)15(2,3)4/h6-9,13,16H,5,10H2,1-4H3,(H,17,18). The van der Waals surface area contributed by atoms with Crippen LogP contribution in [0.15, 0.2) is 24.3 Å². The quantitative estimate of drug-likeness (QED) is 0.843. The smallest absolute Gasteiger partial charge is 0.320 e. The van der Waals surface area contributed by atoms with Crippen LogP contribution in [0.3, 0.4) is 0 Å². The van der Waals surface area contributed by atoms with E-state index in [1.165, 1.54) is 5.56 Å². The number of benzene rings is 1. The topological polar surface area (TPSA) is 49.3 Å². The number of rotatable bonds is 5. The Kier molecular flexibility index (Phi) is 4.91. The molecule has 3 nitrogen and oxygen atoms in total. The van der Waals surface area contributed by atoms with Gasteiger partial charge in [0.25, 0.3) is 0 Å². The van der Waals surface area contributed by atoms with Crippen LogP contribution in [0, 0.1) is 0 Å². The maximum absolute atomic E-state index is 10.9. The van der Waals surface area contributed by atoms with E-state index in [9.17, 15) is 4.79 Å². The fraction of sp³-hybridized carbons (Fsp3) is 0.533. The molecule has 0 fully saturated rings. The van der Waals surface area contributed by atoms with E-state index in [1.807, 2.05) is 6.92 Å². The number of carboxylic acids is 1. The van der Waals surface area contributed by atoms with Crippen LogP contribution < -0.4 is 5.32 Å². The molecule has 3 heteroatoms. The fourth-order valence-corrected chi connectivity index (χ4v) is 1.77. The summed E-state index contributed by atoms with van der Waals surface area (Å²) in [4.78, 5) is 10.9. The van der Waals surface area contributed by atoms with Gasteiger partial charge in [-0.2, -0.15) is 0 Å². The number of hydrogen-bond acceptors (Lipinski definition) is 2. The summed E-state index contributed by atoms with van der Waals surface area (Å²) >= 11 is 0. The van der Waals surface area contributed by atoms with Gasteiger partial charge in [-0.15, -0.1) is 0 Å². The van der Waals surface area contributed by atoms with Crippen LogP contribution in [0.2, 0.25) is 0 Å². The zero-order chi connectivity index (χ0) is 13.8. The third-order valence-corrected chi connectivity index (χ3v) is 3.08. The lowest BCUT2D eigenvalue weighted by Gasteiger charge is -2.19. The van der Waals surface area contributed by atoms with Crippen molar-refractivity contribution in [2.45, 2.75) is 52.1 Å². The van der Waals surface area contributed by atoms with Crippen LogP contribution in [0.1, 0.15) is 45.2 Å². The predicted octanol–water partition coefficient (Wildman–Crippen LogP) is 2.94. The van der Waals surface area contributed by atoms with Crippen molar-refractivity contribution in [1.82, 2.24) is 5.32 Å². The van der Waals surface area contributed by atoms with Crippen LogP contribution in [0.4, 0.5) is 0 Å². The molecule has 0 aliphatic carbocycles. The van der Waals surface area contributed by atoms with Crippen molar-refractivity contribution < 1.29 is 9.90 Å². The second-order valence-corrected chi connectivity index (χ2v) is 5.63. The maximum Gasteiger partial charge on any atom is 0.320 e. The molecule has 0 spiro atoms. The second-order valence-electron chi connectivity index (χ2n) is 5.63. The largest absolute Gasteiger partial charge is 0.480 e. The van der Waals surface area contributed by atoms with E-state index < -0.39 is 12.0 Å². The van der Waals surface area contributed by atoms with Gasteiger partial charge in [0.05, 0.1) is 0 Å². The Hall–Kier alpha value is -1.35. The van der Waals surface area contributed by atoms with Crippen molar-refractivity contribution in [3.05, 3.63) is 35.4 Å². The third-order valence-electron chi connectivity index (χ3n) is 3.08. The molecule has 0 saturated carbocycles. The van der Waals surface area contributed by atoms with E-state index >= 15 is 0 Å². The highest BCUT2D eigenvalue weighted by atomic mass is 16.4. The molecule has 2 N–H and O–H groups in total. The monoisotopic (exact) mass is 249 g/mol. The van der Waals surface area contributed by atoms with Gasteiger partial charge in [-0.3, -0.25) is 4.79 Å². The first-order valence-electron chi connectivity index (χ1n) is 6.40. The number of hydrogen-bond donors (Lipinski definition) is 2. The van der Waals surface area contributed by atoms with E-state index in [-0.39, 0.29) is 5.41 Å². The molecule has 1 aromatic carbocycles. The van der Waals surface area contributed by atoms with Crippen LogP contribution in [0.5, 0.6) is 0 Å². The molecule has 0 aromatic heterocycles. The van der Waals surface area contributed by atoms with E-state index in [1.54, 1.807) is 0 Å². The molecule has 18 heavy (non-hydrogen) atoms. The summed E-state index contributed by atoms with van der Waals surface area (Å²) in [5.41, 5.74) is 2.55. The molecular formula is C15H23NO2. The third kappa shape index (κ3) is 4.15. The molecule has 0 aliphatic heterocycles. The Morgan fingerprint density at radius 3 is 2.22 bits per heavy atom. The highest BCUT2D eigenvalue weighted by Gasteiger charge is 2.15. The Morgan fingerprint density at radius 2 is 1.83 bits per heavy atom. The number of carboxylic acid groups (broad SMARTS) is 1. The van der Waals surface area contributed by atoms with E-state index in [0.717, 1.165) is 5.56 Å². The van der Waals surface area contributed by atoms with Crippen molar-refractivity contribution in [3.8, 4) is 0 Å². The molecule has 1 rings (SSSR count). The summed E-state index contributed by atoms with van der Waals surface area (Å²) in [5, 5.41) is 12.0. The number of aliphatic carboxylic acids is 1. The van der Waals surface area contributed by atoms with Crippen molar-refractivity contribution in [2.75, 3.05) is 0 Å². The Morgan fingerprint density at radius 1 is 1.28 bits per heavy atom. The van der Waals surface area contributed by atoms with Gasteiger partial charge in [0.2, 0.25) is 0 Å². The molecule has 0 bridgehead atoms.